The van der Waals surface area contributed by atoms with Gasteiger partial charge in [-0.3, -0.25) is 14.7 Å². The van der Waals surface area contributed by atoms with Crippen LogP contribution in [0.1, 0.15) is 12.6 Å². The van der Waals surface area contributed by atoms with Crippen LogP contribution in [0.25, 0.3) is 16.0 Å². The number of carbonyl (C=O) groups is 2. The van der Waals surface area contributed by atoms with Gasteiger partial charge in [-0.1, -0.05) is 18.2 Å². The third-order valence-electron chi connectivity index (χ3n) is 6.56. The van der Waals surface area contributed by atoms with E-state index in [1.165, 1.54) is 6.92 Å². The highest BCUT2D eigenvalue weighted by Crippen LogP contribution is 2.62. The maximum Gasteiger partial charge on any atom is 0.414 e. The zero-order valence-corrected chi connectivity index (χ0v) is 18.4. The molecule has 166 valence electrons. The van der Waals surface area contributed by atoms with E-state index >= 15 is 0 Å². The predicted octanol–water partition coefficient (Wildman–Crippen LogP) is 2.60. The Morgan fingerprint density at radius 2 is 1.94 bits per heavy atom. The normalized spacial score (nSPS) is 27.7. The Labute approximate surface area is 192 Å². The van der Waals surface area contributed by atoms with Crippen molar-refractivity contribution >= 4 is 30.1 Å². The molecule has 4 atom stereocenters. The van der Waals surface area contributed by atoms with Crippen molar-refractivity contribution in [1.29, 1.82) is 0 Å². The molecule has 9 heteroatoms. The van der Waals surface area contributed by atoms with Crippen molar-refractivity contribution in [1.82, 2.24) is 15.6 Å². The number of ether oxygens (including phenoxy) is 1. The minimum Gasteiger partial charge on any atom is -0.442 e. The molecule has 2 amide bonds. The van der Waals surface area contributed by atoms with Gasteiger partial charge in [-0.15, -0.1) is 12.4 Å². The van der Waals surface area contributed by atoms with Gasteiger partial charge in [0.1, 0.15) is 11.8 Å². The number of aromatic nitrogens is 1. The first kappa shape index (κ1) is 22.1. The average Bonchev–Trinajstić information content (AvgIpc) is 3.09. The molecule has 0 radical (unpaired) electrons. The van der Waals surface area contributed by atoms with Crippen LogP contribution in [0, 0.1) is 18.4 Å². The van der Waals surface area contributed by atoms with Crippen LogP contribution in [-0.4, -0.2) is 49.3 Å². The van der Waals surface area contributed by atoms with Crippen molar-refractivity contribution < 1.29 is 14.3 Å². The Balaban J connectivity index is 0.00000245. The number of fused-ring (bicyclic) bond motifs is 1. The molecule has 2 saturated heterocycles. The number of carbonyl (C=O) groups excluding carboxylic acids is 2. The molecule has 0 spiro atoms. The fourth-order valence-electron chi connectivity index (χ4n) is 4.85. The molecule has 1 aliphatic carbocycles. The van der Waals surface area contributed by atoms with Gasteiger partial charge < -0.3 is 20.2 Å². The van der Waals surface area contributed by atoms with Crippen molar-refractivity contribution in [3.05, 3.63) is 59.7 Å². The SMILES string of the molecule is Cl.[C-]#[N+]C1(c2ccc(-c3ccc(N4C[C@H](CNC(C)=O)OC4=O)cc3)cn2)[C@@H]2CNC[C@@H]21. The van der Waals surface area contributed by atoms with Crippen LogP contribution >= 0.6 is 12.4 Å². The summed E-state index contributed by atoms with van der Waals surface area (Å²) >= 11 is 0. The van der Waals surface area contributed by atoms with Crippen molar-refractivity contribution in [2.75, 3.05) is 31.1 Å². The van der Waals surface area contributed by atoms with Gasteiger partial charge in [-0.2, -0.15) is 0 Å². The molecule has 2 aromatic rings. The van der Waals surface area contributed by atoms with Gasteiger partial charge in [0.15, 0.2) is 0 Å². The number of halogens is 1. The van der Waals surface area contributed by atoms with Crippen LogP contribution in [0.4, 0.5) is 10.5 Å². The van der Waals surface area contributed by atoms with E-state index in [4.69, 9.17) is 11.3 Å². The highest BCUT2D eigenvalue weighted by atomic mass is 35.5. The number of benzene rings is 1. The van der Waals surface area contributed by atoms with Gasteiger partial charge in [0.25, 0.3) is 5.54 Å². The Morgan fingerprint density at radius 1 is 1.25 bits per heavy atom. The van der Waals surface area contributed by atoms with Gasteiger partial charge in [0.05, 0.1) is 24.9 Å². The standard InChI is InChI=1S/C23H23N5O3.ClH/c1-14(29)26-10-18-13-28(22(30)31-18)17-6-3-15(4-7-17)16-5-8-21(27-9-16)23(24-2)19-11-25-12-20(19)23;/h3-9,18-20,25H,10-13H2,1H3,(H,26,29);1H/t18-,19-,20+,23?;/m0./s1. The van der Waals surface area contributed by atoms with E-state index < -0.39 is 11.6 Å². The fraction of sp³-hybridized carbons (Fsp3) is 0.391. The van der Waals surface area contributed by atoms with E-state index in [0.717, 1.165) is 35.6 Å². The summed E-state index contributed by atoms with van der Waals surface area (Å²) in [4.78, 5) is 33.4. The maximum atomic E-state index is 12.2. The number of piperidine rings is 1. The quantitative estimate of drug-likeness (QED) is 0.679. The summed E-state index contributed by atoms with van der Waals surface area (Å²) in [7, 11) is 0. The largest absolute Gasteiger partial charge is 0.442 e. The van der Waals surface area contributed by atoms with Crippen molar-refractivity contribution in [3.8, 4) is 11.1 Å². The van der Waals surface area contributed by atoms with Crippen LogP contribution in [0.3, 0.4) is 0 Å². The minimum absolute atomic E-state index is 0. The topological polar surface area (TPSA) is 87.9 Å². The highest BCUT2D eigenvalue weighted by Gasteiger charge is 2.76. The number of amides is 2. The first-order chi connectivity index (χ1) is 15.0. The highest BCUT2D eigenvalue weighted by molar-refractivity contribution is 5.90. The van der Waals surface area contributed by atoms with Crippen LogP contribution in [0.5, 0.6) is 0 Å². The first-order valence-corrected chi connectivity index (χ1v) is 10.4. The molecule has 1 aromatic heterocycles. The van der Waals surface area contributed by atoms with E-state index in [-0.39, 0.29) is 24.4 Å². The van der Waals surface area contributed by atoms with Crippen LogP contribution in [0.15, 0.2) is 42.6 Å². The summed E-state index contributed by atoms with van der Waals surface area (Å²) in [6, 6.07) is 11.6. The molecule has 2 N–H and O–H groups in total. The van der Waals surface area contributed by atoms with E-state index in [2.05, 4.69) is 20.5 Å². The van der Waals surface area contributed by atoms with Crippen LogP contribution in [-0.2, 0) is 15.1 Å². The number of nitrogens with one attached hydrogen (secondary N) is 2. The van der Waals surface area contributed by atoms with E-state index in [1.807, 2.05) is 42.6 Å². The molecule has 3 heterocycles. The van der Waals surface area contributed by atoms with Gasteiger partial charge >= 0.3 is 6.09 Å². The molecular formula is C23H24ClN5O3. The summed E-state index contributed by atoms with van der Waals surface area (Å²) in [5.41, 5.74) is 3.11. The molecule has 1 saturated carbocycles. The fourth-order valence-corrected chi connectivity index (χ4v) is 4.85. The molecular weight excluding hydrogens is 430 g/mol. The van der Waals surface area contributed by atoms with Gasteiger partial charge in [-0.05, 0) is 23.8 Å². The Bertz CT molecular complexity index is 1060. The lowest BCUT2D eigenvalue weighted by molar-refractivity contribution is -0.119. The molecule has 0 bridgehead atoms. The van der Waals surface area contributed by atoms with Crippen molar-refractivity contribution in [3.63, 3.8) is 0 Å². The second-order valence-electron chi connectivity index (χ2n) is 8.34. The third-order valence-corrected chi connectivity index (χ3v) is 6.56. The predicted molar refractivity (Wildman–Crippen MR) is 121 cm³/mol. The smallest absolute Gasteiger partial charge is 0.414 e. The Hall–Kier alpha value is -3.15. The summed E-state index contributed by atoms with van der Waals surface area (Å²) in [5, 5.41) is 6.01. The van der Waals surface area contributed by atoms with Gasteiger partial charge in [-0.25, -0.2) is 11.4 Å². The number of cyclic esters (lactones) is 1. The summed E-state index contributed by atoms with van der Waals surface area (Å²) in [6.07, 6.45) is 1.05. The van der Waals surface area contributed by atoms with Crippen LogP contribution < -0.4 is 15.5 Å². The minimum atomic E-state index is -0.447. The van der Waals surface area contributed by atoms with E-state index in [9.17, 15) is 9.59 Å². The summed E-state index contributed by atoms with van der Waals surface area (Å²) in [6.45, 7) is 11.6. The lowest BCUT2D eigenvalue weighted by Gasteiger charge is -2.14. The monoisotopic (exact) mass is 453 g/mol. The molecule has 32 heavy (non-hydrogen) atoms. The van der Waals surface area contributed by atoms with Crippen LogP contribution in [0.2, 0.25) is 0 Å². The molecule has 5 rings (SSSR count). The molecule has 1 aromatic carbocycles. The van der Waals surface area contributed by atoms with Crippen molar-refractivity contribution in [2.45, 2.75) is 18.6 Å². The lowest BCUT2D eigenvalue weighted by Crippen LogP contribution is -2.33. The van der Waals surface area contributed by atoms with E-state index in [1.54, 1.807) is 4.90 Å². The van der Waals surface area contributed by atoms with Gasteiger partial charge in [0.2, 0.25) is 5.91 Å². The number of hydrogen-bond donors (Lipinski definition) is 2. The second kappa shape index (κ2) is 8.41. The summed E-state index contributed by atoms with van der Waals surface area (Å²) < 4.78 is 5.32. The molecule has 2 aliphatic heterocycles. The zero-order valence-electron chi connectivity index (χ0n) is 17.6. The Morgan fingerprint density at radius 3 is 2.53 bits per heavy atom. The molecule has 3 aliphatic rings. The maximum absolute atomic E-state index is 12.2. The van der Waals surface area contributed by atoms with Gasteiger partial charge in [0, 0.05) is 37.5 Å². The lowest BCUT2D eigenvalue weighted by atomic mass is 10.0. The summed E-state index contributed by atoms with van der Waals surface area (Å²) in [5.74, 6) is 0.594. The molecule has 8 nitrogen and oxygen atoms in total. The van der Waals surface area contributed by atoms with E-state index in [0.29, 0.717) is 24.9 Å². The number of rotatable bonds is 5. The third kappa shape index (κ3) is 3.57. The number of nitrogens with zero attached hydrogens (tertiary/aromatic N) is 3. The molecule has 3 fully saturated rings. The Kier molecular flexibility index (Phi) is 5.80. The number of pyridine rings is 1. The zero-order chi connectivity index (χ0) is 21.6. The number of anilines is 1. The van der Waals surface area contributed by atoms with Crippen molar-refractivity contribution in [2.24, 2.45) is 11.8 Å². The first-order valence-electron chi connectivity index (χ1n) is 10.4. The average molecular weight is 454 g/mol. The molecule has 1 unspecified atom stereocenters. The number of hydrogen-bond acceptors (Lipinski definition) is 5. The second-order valence-corrected chi connectivity index (χ2v) is 8.34.